The number of carbonyl (C=O) groups is 1. The van der Waals surface area contributed by atoms with Crippen LogP contribution in [0.1, 0.15) is 24.4 Å². The Morgan fingerprint density at radius 3 is 2.76 bits per heavy atom. The molecule has 8 nitrogen and oxygen atoms in total. The van der Waals surface area contributed by atoms with E-state index in [2.05, 4.69) is 15.2 Å². The number of amides is 1. The van der Waals surface area contributed by atoms with Gasteiger partial charge in [0.05, 0.1) is 6.54 Å². The summed E-state index contributed by atoms with van der Waals surface area (Å²) in [6, 6.07) is 9.02. The average Bonchev–Trinajstić information content (AvgIpc) is 3.32. The van der Waals surface area contributed by atoms with Crippen LogP contribution in [-0.4, -0.2) is 37.8 Å². The number of nitrogens with two attached hydrogens (primary N) is 1. The van der Waals surface area contributed by atoms with E-state index in [0.29, 0.717) is 18.3 Å². The van der Waals surface area contributed by atoms with Gasteiger partial charge in [0.2, 0.25) is 17.6 Å². The lowest BCUT2D eigenvalue weighted by Gasteiger charge is -2.19. The minimum absolute atomic E-state index is 0.0873. The number of rotatable bonds is 6. The van der Waals surface area contributed by atoms with Crippen molar-refractivity contribution in [3.63, 3.8) is 0 Å². The van der Waals surface area contributed by atoms with Crippen LogP contribution in [0.4, 0.5) is 0 Å². The molecule has 0 spiro atoms. The largest absolute Gasteiger partial charge is 0.337 e. The van der Waals surface area contributed by atoms with Gasteiger partial charge in [0.25, 0.3) is 0 Å². The molecule has 130 valence electrons. The van der Waals surface area contributed by atoms with Gasteiger partial charge in [-0.05, 0) is 18.6 Å². The molecule has 3 aromatic rings. The zero-order valence-corrected chi connectivity index (χ0v) is 14.2. The van der Waals surface area contributed by atoms with Crippen LogP contribution in [0, 0.1) is 0 Å². The Bertz CT molecular complexity index is 825. The lowest BCUT2D eigenvalue weighted by Crippen LogP contribution is -2.33. The molecule has 0 bridgehead atoms. The van der Waals surface area contributed by atoms with Gasteiger partial charge in [-0.2, -0.15) is 10.1 Å². The van der Waals surface area contributed by atoms with Crippen molar-refractivity contribution in [2.75, 3.05) is 7.05 Å². The van der Waals surface area contributed by atoms with Crippen LogP contribution in [0.2, 0.25) is 0 Å². The van der Waals surface area contributed by atoms with Gasteiger partial charge in [-0.1, -0.05) is 29.4 Å². The van der Waals surface area contributed by atoms with E-state index in [1.807, 2.05) is 24.3 Å². The van der Waals surface area contributed by atoms with E-state index in [1.165, 1.54) is 0 Å². The number of carbonyl (C=O) groups excluding carboxylic acids is 1. The Labute approximate surface area is 145 Å². The van der Waals surface area contributed by atoms with Gasteiger partial charge >= 0.3 is 0 Å². The Morgan fingerprint density at radius 1 is 1.36 bits per heavy atom. The Hall–Kier alpha value is -3.00. The molecule has 0 saturated carbocycles. The minimum atomic E-state index is -0.397. The second-order valence-electron chi connectivity index (χ2n) is 5.77. The SMILES string of the molecule is CC(C(=O)N(C)Cc1nc(-c2ccc(CN)cc2)no1)n1cccn1. The zero-order valence-electron chi connectivity index (χ0n) is 14.2. The number of likely N-dealkylation sites (N-methyl/N-ethyl adjacent to an activating group) is 1. The van der Waals surface area contributed by atoms with Crippen molar-refractivity contribution >= 4 is 5.91 Å². The standard InChI is InChI=1S/C17H20N6O2/c1-12(23-9-3-8-19-23)17(24)22(2)11-15-20-16(21-25-15)14-6-4-13(10-18)5-7-14/h3-9,12H,10-11,18H2,1-2H3. The van der Waals surface area contributed by atoms with E-state index >= 15 is 0 Å². The average molecular weight is 340 g/mol. The summed E-state index contributed by atoms with van der Waals surface area (Å²) in [5.41, 5.74) is 7.46. The second kappa shape index (κ2) is 7.27. The maximum atomic E-state index is 12.5. The van der Waals surface area contributed by atoms with Gasteiger partial charge in [0.1, 0.15) is 6.04 Å². The fraction of sp³-hybridized carbons (Fsp3) is 0.294. The van der Waals surface area contributed by atoms with Crippen LogP contribution >= 0.6 is 0 Å². The van der Waals surface area contributed by atoms with Crippen LogP contribution < -0.4 is 5.73 Å². The normalized spacial score (nSPS) is 12.1. The molecule has 25 heavy (non-hydrogen) atoms. The van der Waals surface area contributed by atoms with Crippen molar-refractivity contribution in [2.24, 2.45) is 5.73 Å². The predicted octanol–water partition coefficient (Wildman–Crippen LogP) is 1.61. The highest BCUT2D eigenvalue weighted by Crippen LogP contribution is 2.17. The molecule has 3 rings (SSSR count). The summed E-state index contributed by atoms with van der Waals surface area (Å²) in [4.78, 5) is 18.4. The molecule has 0 aliphatic heterocycles. The van der Waals surface area contributed by atoms with Crippen molar-refractivity contribution in [1.82, 2.24) is 24.8 Å². The first-order chi connectivity index (χ1) is 12.1. The molecule has 0 aliphatic carbocycles. The summed E-state index contributed by atoms with van der Waals surface area (Å²) < 4.78 is 6.87. The molecule has 0 saturated heterocycles. The van der Waals surface area contributed by atoms with Crippen molar-refractivity contribution < 1.29 is 9.32 Å². The molecule has 0 aliphatic rings. The predicted molar refractivity (Wildman–Crippen MR) is 91.0 cm³/mol. The summed E-state index contributed by atoms with van der Waals surface area (Å²) in [5.74, 6) is 0.775. The third-order valence-electron chi connectivity index (χ3n) is 3.94. The van der Waals surface area contributed by atoms with Crippen LogP contribution in [0.5, 0.6) is 0 Å². The topological polar surface area (TPSA) is 103 Å². The summed E-state index contributed by atoms with van der Waals surface area (Å²) >= 11 is 0. The molecule has 1 aromatic carbocycles. The highest BCUT2D eigenvalue weighted by Gasteiger charge is 2.21. The van der Waals surface area contributed by atoms with Gasteiger partial charge in [-0.25, -0.2) is 0 Å². The molecular formula is C17H20N6O2. The van der Waals surface area contributed by atoms with E-state index < -0.39 is 6.04 Å². The molecule has 1 atom stereocenters. The molecular weight excluding hydrogens is 320 g/mol. The molecule has 0 radical (unpaired) electrons. The molecule has 2 heterocycles. The number of hydrogen-bond donors (Lipinski definition) is 1. The van der Waals surface area contributed by atoms with E-state index in [-0.39, 0.29) is 12.5 Å². The molecule has 0 fully saturated rings. The highest BCUT2D eigenvalue weighted by molar-refractivity contribution is 5.79. The van der Waals surface area contributed by atoms with Crippen LogP contribution in [0.15, 0.2) is 47.2 Å². The van der Waals surface area contributed by atoms with Gasteiger partial charge in [0, 0.05) is 31.5 Å². The van der Waals surface area contributed by atoms with Crippen LogP contribution in [-0.2, 0) is 17.9 Å². The highest BCUT2D eigenvalue weighted by atomic mass is 16.5. The molecule has 2 N–H and O–H groups in total. The molecule has 1 amide bonds. The summed E-state index contributed by atoms with van der Waals surface area (Å²) in [7, 11) is 1.70. The monoisotopic (exact) mass is 340 g/mol. The first-order valence-corrected chi connectivity index (χ1v) is 7.94. The van der Waals surface area contributed by atoms with E-state index in [4.69, 9.17) is 10.3 Å². The van der Waals surface area contributed by atoms with Crippen molar-refractivity contribution in [3.05, 3.63) is 54.2 Å². The number of hydrogen-bond acceptors (Lipinski definition) is 6. The Morgan fingerprint density at radius 2 is 2.12 bits per heavy atom. The fourth-order valence-electron chi connectivity index (χ4n) is 2.45. The van der Waals surface area contributed by atoms with E-state index in [0.717, 1.165) is 11.1 Å². The van der Waals surface area contributed by atoms with Crippen molar-refractivity contribution in [3.8, 4) is 11.4 Å². The first kappa shape index (κ1) is 16.8. The molecule has 2 aromatic heterocycles. The quantitative estimate of drug-likeness (QED) is 0.731. The lowest BCUT2D eigenvalue weighted by molar-refractivity contribution is -0.134. The first-order valence-electron chi connectivity index (χ1n) is 7.94. The van der Waals surface area contributed by atoms with Crippen LogP contribution in [0.25, 0.3) is 11.4 Å². The molecule has 1 unspecified atom stereocenters. The molecule has 8 heteroatoms. The summed E-state index contributed by atoms with van der Waals surface area (Å²) in [6.45, 7) is 2.52. The van der Waals surface area contributed by atoms with Crippen LogP contribution in [0.3, 0.4) is 0 Å². The number of aromatic nitrogens is 4. The van der Waals surface area contributed by atoms with Gasteiger partial charge in [-0.15, -0.1) is 0 Å². The van der Waals surface area contributed by atoms with E-state index in [9.17, 15) is 4.79 Å². The van der Waals surface area contributed by atoms with Gasteiger partial charge in [-0.3, -0.25) is 9.48 Å². The van der Waals surface area contributed by atoms with Crippen molar-refractivity contribution in [2.45, 2.75) is 26.1 Å². The maximum Gasteiger partial charge on any atom is 0.247 e. The van der Waals surface area contributed by atoms with Gasteiger partial charge < -0.3 is 15.2 Å². The Balaban J connectivity index is 1.67. The number of nitrogens with zero attached hydrogens (tertiary/aromatic N) is 5. The third-order valence-corrected chi connectivity index (χ3v) is 3.94. The second-order valence-corrected chi connectivity index (χ2v) is 5.77. The third kappa shape index (κ3) is 3.74. The lowest BCUT2D eigenvalue weighted by atomic mass is 10.1. The minimum Gasteiger partial charge on any atom is -0.337 e. The Kier molecular flexibility index (Phi) is 4.90. The maximum absolute atomic E-state index is 12.5. The summed E-state index contributed by atoms with van der Waals surface area (Å²) in [6.07, 6.45) is 3.40. The zero-order chi connectivity index (χ0) is 17.8. The fourth-order valence-corrected chi connectivity index (χ4v) is 2.45. The van der Waals surface area contributed by atoms with Crippen molar-refractivity contribution in [1.29, 1.82) is 0 Å². The van der Waals surface area contributed by atoms with E-state index in [1.54, 1.807) is 42.0 Å². The number of benzene rings is 1. The summed E-state index contributed by atoms with van der Waals surface area (Å²) in [5, 5.41) is 8.07. The smallest absolute Gasteiger partial charge is 0.247 e. The van der Waals surface area contributed by atoms with Gasteiger partial charge in [0.15, 0.2) is 0 Å².